The van der Waals surface area contributed by atoms with Crippen molar-refractivity contribution in [2.45, 2.75) is 18.9 Å². The molecule has 1 heterocycles. The monoisotopic (exact) mass is 184 g/mol. The molecular formula is C9H16N2O2. The van der Waals surface area contributed by atoms with Gasteiger partial charge in [0.1, 0.15) is 6.61 Å². The van der Waals surface area contributed by atoms with Crippen LogP contribution < -0.4 is 5.32 Å². The van der Waals surface area contributed by atoms with Gasteiger partial charge < -0.3 is 15.0 Å². The summed E-state index contributed by atoms with van der Waals surface area (Å²) in [6, 6.07) is 0.733. The topological polar surface area (TPSA) is 41.6 Å². The van der Waals surface area contributed by atoms with Crippen LogP contribution in [0.3, 0.4) is 0 Å². The van der Waals surface area contributed by atoms with Crippen molar-refractivity contribution in [3.05, 3.63) is 0 Å². The second-order valence-corrected chi connectivity index (χ2v) is 3.66. The highest BCUT2D eigenvalue weighted by Gasteiger charge is 2.22. The largest absolute Gasteiger partial charge is 0.370 e. The van der Waals surface area contributed by atoms with E-state index in [1.165, 1.54) is 12.8 Å². The van der Waals surface area contributed by atoms with Crippen molar-refractivity contribution >= 4 is 5.91 Å². The van der Waals surface area contributed by atoms with E-state index in [-0.39, 0.29) is 12.5 Å². The summed E-state index contributed by atoms with van der Waals surface area (Å²) in [4.78, 5) is 13.1. The lowest BCUT2D eigenvalue weighted by atomic mass is 10.4. The molecule has 1 amide bonds. The molecule has 1 aliphatic carbocycles. The van der Waals surface area contributed by atoms with E-state index in [1.807, 2.05) is 4.90 Å². The fourth-order valence-corrected chi connectivity index (χ4v) is 1.48. The van der Waals surface area contributed by atoms with Crippen molar-refractivity contribution < 1.29 is 9.53 Å². The van der Waals surface area contributed by atoms with Gasteiger partial charge in [-0.3, -0.25) is 4.79 Å². The molecular weight excluding hydrogens is 168 g/mol. The first kappa shape index (κ1) is 8.97. The molecule has 0 unspecified atom stereocenters. The Morgan fingerprint density at radius 2 is 2.38 bits per heavy atom. The van der Waals surface area contributed by atoms with Crippen molar-refractivity contribution in [2.24, 2.45) is 0 Å². The number of morpholine rings is 1. The summed E-state index contributed by atoms with van der Waals surface area (Å²) in [5, 5.41) is 3.39. The molecule has 2 rings (SSSR count). The zero-order chi connectivity index (χ0) is 9.10. The Bertz CT molecular complexity index is 192. The fourth-order valence-electron chi connectivity index (χ4n) is 1.48. The van der Waals surface area contributed by atoms with E-state index >= 15 is 0 Å². The minimum atomic E-state index is 0.129. The Morgan fingerprint density at radius 1 is 1.54 bits per heavy atom. The molecule has 0 aromatic heterocycles. The van der Waals surface area contributed by atoms with Crippen LogP contribution in [0, 0.1) is 0 Å². The molecule has 0 atom stereocenters. The summed E-state index contributed by atoms with van der Waals surface area (Å²) in [6.07, 6.45) is 2.61. The maximum Gasteiger partial charge on any atom is 0.248 e. The van der Waals surface area contributed by atoms with Gasteiger partial charge in [-0.1, -0.05) is 0 Å². The molecule has 4 nitrogen and oxygen atoms in total. The minimum Gasteiger partial charge on any atom is -0.370 e. The van der Waals surface area contributed by atoms with Crippen molar-refractivity contribution in [3.63, 3.8) is 0 Å². The van der Waals surface area contributed by atoms with E-state index < -0.39 is 0 Å². The first-order chi connectivity index (χ1) is 6.36. The summed E-state index contributed by atoms with van der Waals surface area (Å²) in [7, 11) is 0. The van der Waals surface area contributed by atoms with Crippen molar-refractivity contribution in [2.75, 3.05) is 32.8 Å². The van der Waals surface area contributed by atoms with Crippen LogP contribution in [0.4, 0.5) is 0 Å². The third kappa shape index (κ3) is 2.67. The van der Waals surface area contributed by atoms with Gasteiger partial charge >= 0.3 is 0 Å². The predicted molar refractivity (Wildman–Crippen MR) is 48.4 cm³/mol. The van der Waals surface area contributed by atoms with E-state index in [2.05, 4.69) is 5.32 Å². The maximum atomic E-state index is 11.3. The molecule has 74 valence electrons. The number of amides is 1. The summed E-state index contributed by atoms with van der Waals surface area (Å²) in [5.41, 5.74) is 0. The highest BCUT2D eigenvalue weighted by molar-refractivity contribution is 5.77. The van der Waals surface area contributed by atoms with E-state index in [0.29, 0.717) is 6.61 Å². The van der Waals surface area contributed by atoms with Crippen LogP contribution in [0.1, 0.15) is 12.8 Å². The Labute approximate surface area is 78.2 Å². The van der Waals surface area contributed by atoms with Gasteiger partial charge in [-0.25, -0.2) is 0 Å². The van der Waals surface area contributed by atoms with Crippen LogP contribution >= 0.6 is 0 Å². The molecule has 2 aliphatic rings. The lowest BCUT2D eigenvalue weighted by molar-refractivity contribution is -0.142. The second kappa shape index (κ2) is 4.07. The van der Waals surface area contributed by atoms with Crippen LogP contribution in [0.25, 0.3) is 0 Å². The molecule has 0 bridgehead atoms. The van der Waals surface area contributed by atoms with E-state index in [0.717, 1.165) is 25.7 Å². The van der Waals surface area contributed by atoms with E-state index in [9.17, 15) is 4.79 Å². The molecule has 4 heteroatoms. The van der Waals surface area contributed by atoms with Gasteiger partial charge in [0.25, 0.3) is 0 Å². The first-order valence-corrected chi connectivity index (χ1v) is 4.95. The maximum absolute atomic E-state index is 11.3. The number of hydrogen-bond donors (Lipinski definition) is 1. The van der Waals surface area contributed by atoms with E-state index in [1.54, 1.807) is 0 Å². The Balaban J connectivity index is 1.63. The van der Waals surface area contributed by atoms with Gasteiger partial charge in [-0.2, -0.15) is 0 Å². The Hall–Kier alpha value is -0.610. The molecule has 0 spiro atoms. The van der Waals surface area contributed by atoms with Gasteiger partial charge in [0.15, 0.2) is 0 Å². The molecule has 0 aromatic carbocycles. The van der Waals surface area contributed by atoms with Gasteiger partial charge in [0, 0.05) is 25.7 Å². The normalized spacial score (nSPS) is 23.7. The number of nitrogens with one attached hydrogen (secondary N) is 1. The predicted octanol–water partition coefficient (Wildman–Crippen LogP) is -0.403. The smallest absolute Gasteiger partial charge is 0.248 e. The third-order valence-corrected chi connectivity index (χ3v) is 2.48. The number of ether oxygens (including phenoxy) is 1. The zero-order valence-electron chi connectivity index (χ0n) is 7.79. The van der Waals surface area contributed by atoms with E-state index in [4.69, 9.17) is 4.74 Å². The average molecular weight is 184 g/mol. The molecule has 1 saturated heterocycles. The lowest BCUT2D eigenvalue weighted by Crippen LogP contribution is -2.44. The molecule has 1 aliphatic heterocycles. The summed E-state index contributed by atoms with van der Waals surface area (Å²) >= 11 is 0. The van der Waals surface area contributed by atoms with Crippen molar-refractivity contribution in [3.8, 4) is 0 Å². The number of carbonyl (C=O) groups excluding carboxylic acids is 1. The summed E-state index contributed by atoms with van der Waals surface area (Å²) in [5.74, 6) is 0.129. The Kier molecular flexibility index (Phi) is 2.80. The first-order valence-electron chi connectivity index (χ1n) is 4.95. The minimum absolute atomic E-state index is 0.129. The summed E-state index contributed by atoms with van der Waals surface area (Å²) in [6.45, 7) is 3.47. The number of rotatable bonds is 4. The second-order valence-electron chi connectivity index (χ2n) is 3.66. The molecule has 1 N–H and O–H groups in total. The number of carbonyl (C=O) groups is 1. The van der Waals surface area contributed by atoms with Crippen LogP contribution in [0.2, 0.25) is 0 Å². The molecule has 0 aromatic rings. The number of nitrogens with zero attached hydrogens (tertiary/aromatic N) is 1. The summed E-state index contributed by atoms with van der Waals surface area (Å²) < 4.78 is 5.04. The zero-order valence-corrected chi connectivity index (χ0v) is 7.79. The molecule has 13 heavy (non-hydrogen) atoms. The SMILES string of the molecule is O=C1COCCN1CCNC1CC1. The van der Waals surface area contributed by atoms with Gasteiger partial charge in [0.05, 0.1) is 6.61 Å². The van der Waals surface area contributed by atoms with Gasteiger partial charge in [-0.05, 0) is 12.8 Å². The third-order valence-electron chi connectivity index (χ3n) is 2.48. The standard InChI is InChI=1S/C9H16N2O2/c12-9-7-13-6-5-11(9)4-3-10-8-1-2-8/h8,10H,1-7H2. The average Bonchev–Trinajstić information content (AvgIpc) is 2.92. The molecule has 2 fully saturated rings. The lowest BCUT2D eigenvalue weighted by Gasteiger charge is -2.26. The molecule has 1 saturated carbocycles. The van der Waals surface area contributed by atoms with Crippen molar-refractivity contribution in [1.29, 1.82) is 0 Å². The number of hydrogen-bond acceptors (Lipinski definition) is 3. The Morgan fingerprint density at radius 3 is 3.08 bits per heavy atom. The highest BCUT2D eigenvalue weighted by atomic mass is 16.5. The van der Waals surface area contributed by atoms with Crippen LogP contribution in [-0.4, -0.2) is 49.7 Å². The van der Waals surface area contributed by atoms with Crippen LogP contribution in [-0.2, 0) is 9.53 Å². The van der Waals surface area contributed by atoms with Crippen molar-refractivity contribution in [1.82, 2.24) is 10.2 Å². The highest BCUT2D eigenvalue weighted by Crippen LogP contribution is 2.18. The fraction of sp³-hybridized carbons (Fsp3) is 0.889. The molecule has 0 radical (unpaired) electrons. The van der Waals surface area contributed by atoms with Gasteiger partial charge in [0.2, 0.25) is 5.91 Å². The quantitative estimate of drug-likeness (QED) is 0.646. The van der Waals surface area contributed by atoms with Crippen LogP contribution in [0.15, 0.2) is 0 Å². The van der Waals surface area contributed by atoms with Gasteiger partial charge in [-0.15, -0.1) is 0 Å². The van der Waals surface area contributed by atoms with Crippen LogP contribution in [0.5, 0.6) is 0 Å².